The van der Waals surface area contributed by atoms with Crippen LogP contribution in [0.4, 0.5) is 0 Å². The average molecular weight is 313 g/mol. The molecule has 1 heterocycles. The first-order chi connectivity index (χ1) is 9.85. The van der Waals surface area contributed by atoms with Gasteiger partial charge in [-0.2, -0.15) is 4.31 Å². The van der Waals surface area contributed by atoms with E-state index < -0.39 is 15.6 Å². The number of hydrogen-bond acceptors (Lipinski definition) is 4. The van der Waals surface area contributed by atoms with Crippen LogP contribution in [0.1, 0.15) is 19.4 Å². The predicted octanol–water partition coefficient (Wildman–Crippen LogP) is 1.68. The van der Waals surface area contributed by atoms with Crippen molar-refractivity contribution in [3.05, 3.63) is 29.8 Å². The van der Waals surface area contributed by atoms with Crippen molar-refractivity contribution in [1.29, 1.82) is 0 Å². The van der Waals surface area contributed by atoms with Gasteiger partial charge in [0.05, 0.1) is 31.6 Å². The Balaban J connectivity index is 2.07. The van der Waals surface area contributed by atoms with Crippen LogP contribution in [0.5, 0.6) is 5.75 Å². The molecule has 0 atom stereocenters. The fraction of sp³-hybridized carbons (Fsp3) is 0.600. The molecule has 21 heavy (non-hydrogen) atoms. The van der Waals surface area contributed by atoms with Gasteiger partial charge in [-0.05, 0) is 38.0 Å². The van der Waals surface area contributed by atoms with Gasteiger partial charge in [0.25, 0.3) is 0 Å². The SMILES string of the molecule is COc1cccc(CCS(=O)(=O)N2CCOCC2(C)C)c1. The lowest BCUT2D eigenvalue weighted by Gasteiger charge is -2.40. The topological polar surface area (TPSA) is 55.8 Å². The maximum atomic E-state index is 12.6. The van der Waals surface area contributed by atoms with E-state index in [1.165, 1.54) is 0 Å². The number of ether oxygens (including phenoxy) is 2. The first-order valence-electron chi connectivity index (χ1n) is 7.06. The largest absolute Gasteiger partial charge is 0.497 e. The minimum Gasteiger partial charge on any atom is -0.497 e. The van der Waals surface area contributed by atoms with Crippen LogP contribution in [0.25, 0.3) is 0 Å². The molecule has 6 heteroatoms. The Morgan fingerprint density at radius 1 is 1.38 bits per heavy atom. The number of hydrogen-bond donors (Lipinski definition) is 0. The lowest BCUT2D eigenvalue weighted by molar-refractivity contribution is -0.00767. The van der Waals surface area contributed by atoms with Crippen LogP contribution in [-0.4, -0.2) is 50.9 Å². The van der Waals surface area contributed by atoms with Gasteiger partial charge in [-0.25, -0.2) is 8.42 Å². The maximum Gasteiger partial charge on any atom is 0.215 e. The van der Waals surface area contributed by atoms with E-state index in [-0.39, 0.29) is 5.75 Å². The summed E-state index contributed by atoms with van der Waals surface area (Å²) in [5.41, 5.74) is 0.481. The van der Waals surface area contributed by atoms with Crippen LogP contribution in [0.3, 0.4) is 0 Å². The van der Waals surface area contributed by atoms with Gasteiger partial charge in [-0.15, -0.1) is 0 Å². The van der Waals surface area contributed by atoms with Crippen LogP contribution in [0.15, 0.2) is 24.3 Å². The highest BCUT2D eigenvalue weighted by molar-refractivity contribution is 7.89. The first kappa shape index (κ1) is 16.3. The number of benzene rings is 1. The minimum absolute atomic E-state index is 0.101. The van der Waals surface area contributed by atoms with Crippen molar-refractivity contribution in [2.45, 2.75) is 25.8 Å². The summed E-state index contributed by atoms with van der Waals surface area (Å²) in [6.45, 7) is 5.12. The summed E-state index contributed by atoms with van der Waals surface area (Å²) < 4.78 is 37.2. The van der Waals surface area contributed by atoms with E-state index in [1.807, 2.05) is 38.1 Å². The summed E-state index contributed by atoms with van der Waals surface area (Å²) in [4.78, 5) is 0. The molecule has 1 aromatic rings. The van der Waals surface area contributed by atoms with Gasteiger partial charge >= 0.3 is 0 Å². The molecule has 0 amide bonds. The van der Waals surface area contributed by atoms with Crippen LogP contribution in [-0.2, 0) is 21.2 Å². The number of aryl methyl sites for hydroxylation is 1. The highest BCUT2D eigenvalue weighted by atomic mass is 32.2. The second-order valence-corrected chi connectivity index (χ2v) is 7.87. The highest BCUT2D eigenvalue weighted by Gasteiger charge is 2.38. The standard InChI is InChI=1S/C15H23NO4S/c1-15(2)12-20-9-8-16(15)21(17,18)10-7-13-5-4-6-14(11-13)19-3/h4-6,11H,7-10,12H2,1-3H3. The summed E-state index contributed by atoms with van der Waals surface area (Å²) in [5, 5.41) is 0. The van der Waals surface area contributed by atoms with E-state index in [4.69, 9.17) is 9.47 Å². The lowest BCUT2D eigenvalue weighted by atomic mass is 10.1. The molecule has 0 bridgehead atoms. The number of methoxy groups -OCH3 is 1. The van der Waals surface area contributed by atoms with Gasteiger partial charge in [-0.1, -0.05) is 12.1 Å². The Bertz CT molecular complexity index is 583. The lowest BCUT2D eigenvalue weighted by Crippen LogP contribution is -2.56. The molecule has 0 N–H and O–H groups in total. The molecular formula is C15H23NO4S. The second kappa shape index (κ2) is 6.34. The zero-order chi connectivity index (χ0) is 15.5. The van der Waals surface area contributed by atoms with E-state index in [9.17, 15) is 8.42 Å². The van der Waals surface area contributed by atoms with Gasteiger partial charge in [-0.3, -0.25) is 0 Å². The molecule has 0 saturated carbocycles. The fourth-order valence-corrected chi connectivity index (χ4v) is 4.42. The van der Waals surface area contributed by atoms with E-state index in [1.54, 1.807) is 11.4 Å². The third-order valence-corrected chi connectivity index (χ3v) is 5.76. The number of nitrogens with zero attached hydrogens (tertiary/aromatic N) is 1. The zero-order valence-corrected chi connectivity index (χ0v) is 13.6. The molecule has 1 fully saturated rings. The van der Waals surface area contributed by atoms with Crippen LogP contribution in [0, 0.1) is 0 Å². The molecule has 0 aromatic heterocycles. The van der Waals surface area contributed by atoms with Crippen molar-refractivity contribution in [1.82, 2.24) is 4.31 Å². The van der Waals surface area contributed by atoms with E-state index in [2.05, 4.69) is 0 Å². The Morgan fingerprint density at radius 3 is 2.81 bits per heavy atom. The van der Waals surface area contributed by atoms with Crippen molar-refractivity contribution in [3.8, 4) is 5.75 Å². The molecule has 5 nitrogen and oxygen atoms in total. The van der Waals surface area contributed by atoms with Crippen molar-refractivity contribution >= 4 is 10.0 Å². The first-order valence-corrected chi connectivity index (χ1v) is 8.67. The highest BCUT2D eigenvalue weighted by Crippen LogP contribution is 2.23. The van der Waals surface area contributed by atoms with Crippen LogP contribution >= 0.6 is 0 Å². The molecule has 1 saturated heterocycles. The molecule has 1 aliphatic heterocycles. The van der Waals surface area contributed by atoms with E-state index >= 15 is 0 Å². The average Bonchev–Trinajstić information content (AvgIpc) is 2.45. The fourth-order valence-electron chi connectivity index (χ4n) is 2.54. The molecule has 0 aliphatic carbocycles. The number of rotatable bonds is 5. The van der Waals surface area contributed by atoms with E-state index in [0.29, 0.717) is 26.2 Å². The normalized spacial score (nSPS) is 19.4. The predicted molar refractivity (Wildman–Crippen MR) is 82.1 cm³/mol. The van der Waals surface area contributed by atoms with Crippen LogP contribution < -0.4 is 4.74 Å². The minimum atomic E-state index is -3.30. The molecule has 0 unspecified atom stereocenters. The van der Waals surface area contributed by atoms with Crippen molar-refractivity contribution in [3.63, 3.8) is 0 Å². The van der Waals surface area contributed by atoms with Crippen molar-refractivity contribution < 1.29 is 17.9 Å². The molecule has 0 spiro atoms. The van der Waals surface area contributed by atoms with Gasteiger partial charge < -0.3 is 9.47 Å². The Morgan fingerprint density at radius 2 is 2.14 bits per heavy atom. The molecule has 0 radical (unpaired) electrons. The number of morpholine rings is 1. The maximum absolute atomic E-state index is 12.6. The molecule has 118 valence electrons. The summed E-state index contributed by atoms with van der Waals surface area (Å²) in [7, 11) is -1.69. The molecule has 2 rings (SSSR count). The van der Waals surface area contributed by atoms with Gasteiger partial charge in [0.15, 0.2) is 0 Å². The molecule has 1 aliphatic rings. The zero-order valence-electron chi connectivity index (χ0n) is 12.8. The third kappa shape index (κ3) is 3.96. The smallest absolute Gasteiger partial charge is 0.215 e. The summed E-state index contributed by atoms with van der Waals surface area (Å²) in [5.74, 6) is 0.848. The summed E-state index contributed by atoms with van der Waals surface area (Å²) >= 11 is 0. The molecule has 1 aromatic carbocycles. The summed E-state index contributed by atoms with van der Waals surface area (Å²) in [6, 6.07) is 7.52. The van der Waals surface area contributed by atoms with Gasteiger partial charge in [0.2, 0.25) is 10.0 Å². The van der Waals surface area contributed by atoms with Crippen molar-refractivity contribution in [2.24, 2.45) is 0 Å². The monoisotopic (exact) mass is 313 g/mol. The Hall–Kier alpha value is -1.11. The van der Waals surface area contributed by atoms with E-state index in [0.717, 1.165) is 11.3 Å². The van der Waals surface area contributed by atoms with Gasteiger partial charge in [0, 0.05) is 6.54 Å². The summed E-state index contributed by atoms with van der Waals surface area (Å²) in [6.07, 6.45) is 0.479. The van der Waals surface area contributed by atoms with Crippen LogP contribution in [0.2, 0.25) is 0 Å². The Labute approximate surface area is 126 Å². The quantitative estimate of drug-likeness (QED) is 0.830. The second-order valence-electron chi connectivity index (χ2n) is 5.85. The number of sulfonamides is 1. The van der Waals surface area contributed by atoms with Crippen molar-refractivity contribution in [2.75, 3.05) is 32.6 Å². The Kier molecular flexibility index (Phi) is 4.91. The van der Waals surface area contributed by atoms with Gasteiger partial charge in [0.1, 0.15) is 5.75 Å². The molecular weight excluding hydrogens is 290 g/mol. The third-order valence-electron chi connectivity index (χ3n) is 3.69.